The molecule has 22 aromatic rings. The van der Waals surface area contributed by atoms with Gasteiger partial charge in [-0.05, 0) is 199 Å². The van der Waals surface area contributed by atoms with E-state index >= 15 is 0 Å². The van der Waals surface area contributed by atoms with E-state index in [0.717, 1.165) is 89.4 Å². The Kier molecular flexibility index (Phi) is 40.1. The number of aliphatic hydroxyl groups excluding tert-OH is 3. The van der Waals surface area contributed by atoms with Crippen molar-refractivity contribution >= 4 is 98.8 Å². The van der Waals surface area contributed by atoms with Crippen LogP contribution in [0.15, 0.2) is 454 Å². The molecule has 0 bridgehead atoms. The number of aryl methyl sites for hydroxylation is 3. The number of carbonyl (C=O) groups excluding carboxylic acids is 3. The van der Waals surface area contributed by atoms with E-state index in [4.69, 9.17) is 30.3 Å². The van der Waals surface area contributed by atoms with Gasteiger partial charge in [-0.1, -0.05) is 317 Å². The molecule has 6 aromatic heterocycles. The Balaban J connectivity index is 0.000000170. The monoisotopic (exact) mass is 2580 g/mol. The van der Waals surface area contributed by atoms with E-state index in [0.29, 0.717) is 0 Å². The largest absolute Gasteiger partial charge is 0.512 e. The second-order valence-electron chi connectivity index (χ2n) is 33.6. The van der Waals surface area contributed by atoms with Gasteiger partial charge in [-0.3, -0.25) is 29.3 Å². The number of rotatable bonds is 12. The van der Waals surface area contributed by atoms with Crippen LogP contribution >= 0.6 is 0 Å². The molecule has 4 radical (unpaired) electrons. The van der Waals surface area contributed by atoms with Gasteiger partial charge in [0.1, 0.15) is 5.65 Å². The molecule has 0 aliphatic heterocycles. The van der Waals surface area contributed by atoms with Gasteiger partial charge < -0.3 is 24.7 Å². The summed E-state index contributed by atoms with van der Waals surface area (Å²) in [5.41, 5.74) is 27.5. The predicted octanol–water partition coefficient (Wildman–Crippen LogP) is 32.0. The number of allylic oxidation sites excluding steroid dienone is 6. The van der Waals surface area contributed by atoms with Crippen LogP contribution in [0.25, 0.3) is 182 Å². The van der Waals surface area contributed by atoms with Crippen molar-refractivity contribution in [3.8, 4) is 101 Å². The number of ketones is 3. The number of benzene rings is 16. The molecule has 6 heterocycles. The number of aliphatic hydroxyl groups is 3. The first kappa shape index (κ1) is 108. The van der Waals surface area contributed by atoms with Crippen LogP contribution in [-0.2, 0) is 94.8 Å². The first-order valence-electron chi connectivity index (χ1n) is 45.7. The van der Waals surface area contributed by atoms with Crippen molar-refractivity contribution in [1.29, 1.82) is 0 Å². The van der Waals surface area contributed by atoms with Gasteiger partial charge >= 0.3 is 0 Å². The van der Waals surface area contributed by atoms with Crippen molar-refractivity contribution in [3.05, 3.63) is 495 Å². The summed E-state index contributed by atoms with van der Waals surface area (Å²) in [5.74, 6) is -0.187. The average Bonchev–Trinajstić information content (AvgIpc) is 0.885. The molecule has 143 heavy (non-hydrogen) atoms. The van der Waals surface area contributed by atoms with E-state index in [9.17, 15) is 14.4 Å². The third-order valence-corrected chi connectivity index (χ3v) is 22.5. The van der Waals surface area contributed by atoms with Gasteiger partial charge in [-0.2, -0.15) is 0 Å². The smallest absolute Gasteiger partial charge is 0.155 e. The minimum Gasteiger partial charge on any atom is -0.512 e. The first-order valence-corrected chi connectivity index (χ1v) is 45.7. The molecular formula is C127H102Ir4N6O6-4. The van der Waals surface area contributed by atoms with Crippen molar-refractivity contribution in [3.63, 3.8) is 0 Å². The Morgan fingerprint density at radius 3 is 1.15 bits per heavy atom. The second kappa shape index (κ2) is 52.9. The number of carbonyl (C=O) groups is 3. The summed E-state index contributed by atoms with van der Waals surface area (Å²) in [4.78, 5) is 53.5. The topological polar surface area (TPSA) is 181 Å². The zero-order chi connectivity index (χ0) is 97.1. The van der Waals surface area contributed by atoms with Crippen LogP contribution in [0.5, 0.6) is 0 Å². The van der Waals surface area contributed by atoms with Gasteiger partial charge in [0.05, 0.1) is 39.5 Å². The summed E-state index contributed by atoms with van der Waals surface area (Å²) in [6, 6.07) is 152. The SMILES string of the molecule is CC(=O)C=C(C)O.CC(=O)C=C(C)O.CC(=O)C=C(C)O.Cc1[c-]c(-c2ccc3ccccc3n2)cc(C)c1.Cc1c[c-]c(-c2ccc3ccccc3n2)cc1.[Ir].[Ir].[Ir].[Ir].[c-]1cc(-c2ccccc2)ccc1-c1ccc2ccccc2n1.[c-]1ccccc1-c1nccc2ccccc12.c1ccc(-c2ccc3nc(-c4ccc(-c5c6ccccc6c(-c6ccc7ccccc7c6)c6ccccc56)cc4)cn3c2)cc1. The molecule has 22 rings (SSSR count). The predicted molar refractivity (Wildman–Crippen MR) is 574 cm³/mol. The molecule has 0 fully saturated rings. The number of aromatic nitrogens is 6. The van der Waals surface area contributed by atoms with Crippen molar-refractivity contribution in [2.45, 2.75) is 62.3 Å². The van der Waals surface area contributed by atoms with Crippen LogP contribution in [0.2, 0.25) is 0 Å². The molecule has 16 heteroatoms. The van der Waals surface area contributed by atoms with Crippen LogP contribution < -0.4 is 0 Å². The average molecular weight is 2580 g/mol. The van der Waals surface area contributed by atoms with E-state index < -0.39 is 0 Å². The minimum atomic E-state index is -0.125. The molecule has 716 valence electrons. The van der Waals surface area contributed by atoms with E-state index in [1.165, 1.54) is 169 Å². The number of imidazole rings is 1. The van der Waals surface area contributed by atoms with E-state index in [-0.39, 0.29) is 115 Å². The van der Waals surface area contributed by atoms with Crippen molar-refractivity contribution in [1.82, 2.24) is 29.3 Å². The van der Waals surface area contributed by atoms with Crippen LogP contribution in [0.4, 0.5) is 0 Å². The van der Waals surface area contributed by atoms with Crippen LogP contribution in [0.1, 0.15) is 58.2 Å². The number of pyridine rings is 5. The summed E-state index contributed by atoms with van der Waals surface area (Å²) in [6.45, 7) is 14.8. The summed E-state index contributed by atoms with van der Waals surface area (Å²) >= 11 is 0. The van der Waals surface area contributed by atoms with Gasteiger partial charge in [-0.15, -0.1) is 136 Å². The second-order valence-corrected chi connectivity index (χ2v) is 33.6. The molecule has 0 unspecified atom stereocenters. The minimum absolute atomic E-state index is 0. The summed E-state index contributed by atoms with van der Waals surface area (Å²) in [6.07, 6.45) is 9.63. The Bertz CT molecular complexity index is 8040. The Hall–Kier alpha value is -15.1. The number of nitrogens with zero attached hydrogens (tertiary/aromatic N) is 6. The van der Waals surface area contributed by atoms with Gasteiger partial charge in [0, 0.05) is 123 Å². The molecule has 0 saturated heterocycles. The molecule has 0 aliphatic rings. The van der Waals surface area contributed by atoms with Gasteiger partial charge in [-0.25, -0.2) is 4.98 Å². The molecule has 16 aromatic carbocycles. The fourth-order valence-corrected chi connectivity index (χ4v) is 16.3. The fraction of sp³-hybridized carbons (Fsp3) is 0.0709. The third kappa shape index (κ3) is 29.5. The van der Waals surface area contributed by atoms with Crippen LogP contribution in [0, 0.1) is 45.0 Å². The Labute approximate surface area is 888 Å². The molecule has 0 spiro atoms. The standard InChI is InChI=1S/C43H28N2.C21H14N.C17H14N.C16H12N.C15H10N.3C5H8O2.4Ir/c1-2-10-29(11-3-1)35-24-25-41-44-40(28-45(41)27-35)31-19-21-32(22-20-31)42-36-14-6-8-16-38(36)43(39-17-9-7-15-37(39)42)34-23-18-30-12-4-5-13-33(30)26-34;1-2-6-16(7-3-1)17-10-12-19(13-11-17)21-15-14-18-8-4-5-9-20(18)22-21;1-12-9-13(2)11-15(10-12)17-8-7-14-5-3-4-6-16(14)18-17;1-12-6-8-14(9-7-12)16-11-10-13-4-2-3-5-15(13)17-16;1-2-7-13(8-3-1)15-14-9-5-4-6-12(14)10-11-16-15;3*1-4(6)3-5(2)7;;;;/h1-28H;1-12,14-15H;3-10H,1-2H3;2-8,10-11H,1H3;1-7,9-11H;3*3,6H,1-2H3;;;;/q;4*-1;;;;;;;. The molecule has 3 N–H and O–H groups in total. The molecule has 0 atom stereocenters. The maximum absolute atomic E-state index is 10.0. The van der Waals surface area contributed by atoms with E-state index in [1.54, 1.807) is 0 Å². The van der Waals surface area contributed by atoms with Crippen molar-refractivity contribution < 1.29 is 110 Å². The van der Waals surface area contributed by atoms with Crippen LogP contribution in [-0.4, -0.2) is 62.0 Å². The molecular weight excluding hydrogens is 2470 g/mol. The maximum Gasteiger partial charge on any atom is 0.155 e. The van der Waals surface area contributed by atoms with E-state index in [2.05, 4.69) is 333 Å². The fourth-order valence-electron chi connectivity index (χ4n) is 16.3. The van der Waals surface area contributed by atoms with Gasteiger partial charge in [0.2, 0.25) is 0 Å². The third-order valence-electron chi connectivity index (χ3n) is 22.5. The number of para-hydroxylation sites is 3. The summed E-state index contributed by atoms with van der Waals surface area (Å²) < 4.78 is 2.12. The van der Waals surface area contributed by atoms with Crippen molar-refractivity contribution in [2.24, 2.45) is 0 Å². The maximum atomic E-state index is 10.0. The van der Waals surface area contributed by atoms with Gasteiger partial charge in [0.15, 0.2) is 17.3 Å². The quantitative estimate of drug-likeness (QED) is 0.0458. The summed E-state index contributed by atoms with van der Waals surface area (Å²) in [5, 5.41) is 38.5. The zero-order valence-electron chi connectivity index (χ0n) is 80.2. The molecule has 0 saturated carbocycles. The van der Waals surface area contributed by atoms with Gasteiger partial charge in [0.25, 0.3) is 0 Å². The number of hydrogen-bond acceptors (Lipinski definition) is 11. The first-order chi connectivity index (χ1) is 67.6. The molecule has 0 aliphatic carbocycles. The Morgan fingerprint density at radius 1 is 0.287 bits per heavy atom. The molecule has 0 amide bonds. The Morgan fingerprint density at radius 2 is 0.692 bits per heavy atom. The summed E-state index contributed by atoms with van der Waals surface area (Å²) in [7, 11) is 0. The van der Waals surface area contributed by atoms with E-state index in [1.807, 2.05) is 146 Å². The normalized spacial score (nSPS) is 10.8. The van der Waals surface area contributed by atoms with Crippen LogP contribution in [0.3, 0.4) is 0 Å². The number of hydrogen-bond donors (Lipinski definition) is 3. The zero-order valence-corrected chi connectivity index (χ0v) is 89.7. The van der Waals surface area contributed by atoms with Crippen molar-refractivity contribution in [2.75, 3.05) is 0 Å². The molecule has 12 nitrogen and oxygen atoms in total. The number of fused-ring (bicyclic) bond motifs is 8.